The largest absolute Gasteiger partial charge is 0.444 e. The van der Waals surface area contributed by atoms with E-state index in [0.29, 0.717) is 42.1 Å². The Bertz CT molecular complexity index is 1130. The van der Waals surface area contributed by atoms with Gasteiger partial charge < -0.3 is 25.6 Å². The summed E-state index contributed by atoms with van der Waals surface area (Å²) in [4.78, 5) is 26.0. The van der Waals surface area contributed by atoms with Crippen LogP contribution in [-0.4, -0.2) is 41.6 Å². The first-order valence-corrected chi connectivity index (χ1v) is 10.7. The number of benzene rings is 2. The Balaban J connectivity index is 1.39. The van der Waals surface area contributed by atoms with Gasteiger partial charge in [0.15, 0.2) is 0 Å². The van der Waals surface area contributed by atoms with Crippen molar-refractivity contribution in [3.8, 4) is 0 Å². The number of likely N-dealkylation sites (tertiary alicyclic amines) is 1. The predicted molar refractivity (Wildman–Crippen MR) is 123 cm³/mol. The van der Waals surface area contributed by atoms with Crippen LogP contribution in [0.2, 0.25) is 0 Å². The number of hydrogen-bond donors (Lipinski definition) is 3. The lowest BCUT2D eigenvalue weighted by molar-refractivity contribution is -0.110. The van der Waals surface area contributed by atoms with Gasteiger partial charge in [-0.2, -0.15) is 0 Å². The van der Waals surface area contributed by atoms with E-state index in [9.17, 15) is 18.4 Å². The third-order valence-electron chi connectivity index (χ3n) is 5.32. The van der Waals surface area contributed by atoms with E-state index in [1.807, 2.05) is 20.8 Å². The van der Waals surface area contributed by atoms with E-state index in [2.05, 4.69) is 16.0 Å². The van der Waals surface area contributed by atoms with Crippen LogP contribution >= 0.6 is 0 Å². The molecule has 3 N–H and O–H groups in total. The van der Waals surface area contributed by atoms with E-state index >= 15 is 0 Å². The molecule has 174 valence electrons. The molecule has 9 heteroatoms. The highest BCUT2D eigenvalue weighted by molar-refractivity contribution is 6.31. The van der Waals surface area contributed by atoms with Gasteiger partial charge in [-0.3, -0.25) is 4.79 Å². The van der Waals surface area contributed by atoms with Gasteiger partial charge in [-0.05, 0) is 63.6 Å². The molecule has 0 aromatic heterocycles. The number of carbonyl (C=O) groups excluding carboxylic acids is 2. The highest BCUT2D eigenvalue weighted by Gasteiger charge is 2.30. The molecule has 2 aromatic rings. The topological polar surface area (TPSA) is 82.7 Å². The second-order valence-electron chi connectivity index (χ2n) is 9.10. The zero-order valence-electron chi connectivity index (χ0n) is 18.7. The van der Waals surface area contributed by atoms with Crippen LogP contribution in [-0.2, 0) is 9.53 Å². The molecule has 0 bridgehead atoms. The van der Waals surface area contributed by atoms with Gasteiger partial charge in [-0.25, -0.2) is 13.6 Å². The first-order chi connectivity index (χ1) is 15.6. The van der Waals surface area contributed by atoms with Crippen molar-refractivity contribution in [3.63, 3.8) is 0 Å². The van der Waals surface area contributed by atoms with Crippen molar-refractivity contribution in [3.05, 3.63) is 59.8 Å². The number of fused-ring (bicyclic) bond motifs is 1. The number of halogens is 2. The molecule has 2 aliphatic rings. The van der Waals surface area contributed by atoms with Gasteiger partial charge in [-0.15, -0.1) is 0 Å². The third-order valence-corrected chi connectivity index (χ3v) is 5.32. The van der Waals surface area contributed by atoms with Crippen LogP contribution in [0.25, 0.3) is 5.57 Å². The molecular formula is C24H26F2N4O3. The Labute approximate surface area is 190 Å². The van der Waals surface area contributed by atoms with Crippen LogP contribution in [0.1, 0.15) is 32.8 Å². The second-order valence-corrected chi connectivity index (χ2v) is 9.10. The highest BCUT2D eigenvalue weighted by atomic mass is 19.1. The molecule has 0 radical (unpaired) electrons. The molecule has 33 heavy (non-hydrogen) atoms. The maximum atomic E-state index is 14.7. The maximum absolute atomic E-state index is 14.7. The normalized spacial score (nSPS) is 18.8. The van der Waals surface area contributed by atoms with Crippen LogP contribution in [0.3, 0.4) is 0 Å². The molecule has 2 aromatic carbocycles. The summed E-state index contributed by atoms with van der Waals surface area (Å²) in [5.41, 5.74) is 1.42. The number of anilines is 3. The molecule has 2 amide bonds. The minimum absolute atomic E-state index is 0.0958. The van der Waals surface area contributed by atoms with Crippen LogP contribution in [0.4, 0.5) is 30.6 Å². The average Bonchev–Trinajstić information content (AvgIpc) is 3.31. The lowest BCUT2D eigenvalue weighted by atomic mass is 10.1. The van der Waals surface area contributed by atoms with Crippen molar-refractivity contribution >= 4 is 34.6 Å². The number of carbonyl (C=O) groups is 2. The first kappa shape index (κ1) is 22.6. The summed E-state index contributed by atoms with van der Waals surface area (Å²) < 4.78 is 33.6. The molecule has 0 aliphatic carbocycles. The van der Waals surface area contributed by atoms with Crippen molar-refractivity contribution in [1.29, 1.82) is 0 Å². The van der Waals surface area contributed by atoms with Crippen molar-refractivity contribution in [2.45, 2.75) is 38.8 Å². The summed E-state index contributed by atoms with van der Waals surface area (Å²) >= 11 is 0. The molecule has 1 atom stereocenters. The van der Waals surface area contributed by atoms with Gasteiger partial charge in [0, 0.05) is 42.3 Å². The molecule has 1 unspecified atom stereocenters. The quantitative estimate of drug-likeness (QED) is 0.577. The summed E-state index contributed by atoms with van der Waals surface area (Å²) in [5.74, 6) is -1.29. The van der Waals surface area contributed by atoms with Gasteiger partial charge in [-0.1, -0.05) is 0 Å². The average molecular weight is 456 g/mol. The van der Waals surface area contributed by atoms with E-state index in [0.717, 1.165) is 0 Å². The number of nitrogens with one attached hydrogen (secondary N) is 3. The minimum atomic E-state index is -0.567. The predicted octanol–water partition coefficient (Wildman–Crippen LogP) is 4.79. The summed E-state index contributed by atoms with van der Waals surface area (Å²) in [7, 11) is 0. The van der Waals surface area contributed by atoms with Gasteiger partial charge >= 0.3 is 6.09 Å². The molecule has 0 saturated carbocycles. The monoisotopic (exact) mass is 456 g/mol. The van der Waals surface area contributed by atoms with Crippen LogP contribution in [0, 0.1) is 11.6 Å². The summed E-state index contributed by atoms with van der Waals surface area (Å²) in [6.45, 7) is 6.40. The maximum Gasteiger partial charge on any atom is 0.410 e. The van der Waals surface area contributed by atoms with Crippen molar-refractivity contribution in [2.24, 2.45) is 0 Å². The fourth-order valence-corrected chi connectivity index (χ4v) is 3.77. The van der Waals surface area contributed by atoms with Crippen molar-refractivity contribution < 1.29 is 23.1 Å². The fourth-order valence-electron chi connectivity index (χ4n) is 3.77. The van der Waals surface area contributed by atoms with E-state index in [-0.39, 0.29) is 23.6 Å². The van der Waals surface area contributed by atoms with Crippen LogP contribution < -0.4 is 16.0 Å². The van der Waals surface area contributed by atoms with E-state index in [4.69, 9.17) is 4.74 Å². The van der Waals surface area contributed by atoms with Crippen molar-refractivity contribution in [2.75, 3.05) is 29.0 Å². The Morgan fingerprint density at radius 1 is 1.21 bits per heavy atom. The Morgan fingerprint density at radius 3 is 2.73 bits per heavy atom. The molecule has 0 spiro atoms. The minimum Gasteiger partial charge on any atom is -0.444 e. The molecule has 2 heterocycles. The molecule has 2 aliphatic heterocycles. The lowest BCUT2D eigenvalue weighted by Crippen LogP contribution is -2.36. The lowest BCUT2D eigenvalue weighted by Gasteiger charge is -2.24. The molecule has 1 fully saturated rings. The number of hydrogen-bond acceptors (Lipinski definition) is 5. The number of nitrogens with zero attached hydrogens (tertiary/aromatic N) is 1. The smallest absolute Gasteiger partial charge is 0.410 e. The Kier molecular flexibility index (Phi) is 5.97. The molecule has 7 nitrogen and oxygen atoms in total. The Morgan fingerprint density at radius 2 is 2.00 bits per heavy atom. The fraction of sp³-hybridized carbons (Fsp3) is 0.333. The SMILES string of the molecule is CC(C)(C)OC(=O)N1CCC(Nc2ccc(NC=C3C(=O)Nc4ccc(F)cc43)cc2F)C1. The first-order valence-electron chi connectivity index (χ1n) is 10.7. The number of ether oxygens (including phenoxy) is 1. The zero-order valence-corrected chi connectivity index (χ0v) is 18.7. The van der Waals surface area contributed by atoms with Crippen molar-refractivity contribution in [1.82, 2.24) is 4.90 Å². The molecular weight excluding hydrogens is 430 g/mol. The molecule has 1 saturated heterocycles. The second kappa shape index (κ2) is 8.73. The molecule has 4 rings (SSSR count). The number of rotatable bonds is 4. The van der Waals surface area contributed by atoms with Crippen LogP contribution in [0.15, 0.2) is 42.6 Å². The Hall–Kier alpha value is -3.62. The van der Waals surface area contributed by atoms with E-state index < -0.39 is 17.2 Å². The van der Waals surface area contributed by atoms with Gasteiger partial charge in [0.25, 0.3) is 5.91 Å². The summed E-state index contributed by atoms with van der Waals surface area (Å²) in [6.07, 6.45) is 1.73. The summed E-state index contributed by atoms with van der Waals surface area (Å²) in [5, 5.41) is 8.70. The van der Waals surface area contributed by atoms with Gasteiger partial charge in [0.2, 0.25) is 0 Å². The van der Waals surface area contributed by atoms with E-state index in [1.165, 1.54) is 30.5 Å². The number of amides is 2. The summed E-state index contributed by atoms with van der Waals surface area (Å²) in [6, 6.07) is 8.51. The van der Waals surface area contributed by atoms with E-state index in [1.54, 1.807) is 17.0 Å². The van der Waals surface area contributed by atoms with Crippen LogP contribution in [0.5, 0.6) is 0 Å². The highest BCUT2D eigenvalue weighted by Crippen LogP contribution is 2.32. The van der Waals surface area contributed by atoms with Gasteiger partial charge in [0.1, 0.15) is 17.2 Å². The third kappa shape index (κ3) is 5.24. The zero-order chi connectivity index (χ0) is 23.8. The standard InChI is InChI=1S/C24H26F2N4O3/c1-24(2,3)33-23(32)30-9-8-16(13-30)28-21-7-5-15(11-19(21)26)27-12-18-17-10-14(25)4-6-20(17)29-22(18)31/h4-7,10-12,16,27-28H,8-9,13H2,1-3H3,(H,29,31). The van der Waals surface area contributed by atoms with Gasteiger partial charge in [0.05, 0.1) is 11.3 Å².